The summed E-state index contributed by atoms with van der Waals surface area (Å²) in [7, 11) is 0. The van der Waals surface area contributed by atoms with Crippen molar-refractivity contribution >= 4 is 23.3 Å². The summed E-state index contributed by atoms with van der Waals surface area (Å²) in [4.78, 5) is 22.6. The molecule has 0 saturated carbocycles. The summed E-state index contributed by atoms with van der Waals surface area (Å²) in [6.45, 7) is 1.74. The van der Waals surface area contributed by atoms with E-state index in [1.54, 1.807) is 19.1 Å². The second kappa shape index (κ2) is 5.00. The number of aliphatic carboxylic acids is 1. The van der Waals surface area contributed by atoms with Gasteiger partial charge in [0, 0.05) is 11.7 Å². The first kappa shape index (κ1) is 12.3. The number of benzene rings is 1. The molecule has 1 aliphatic heterocycles. The number of hydrogen-bond donors (Lipinski definition) is 0. The van der Waals surface area contributed by atoms with Crippen LogP contribution in [0.25, 0.3) is 0 Å². The smallest absolute Gasteiger partial charge is 0.256 e. The molecule has 18 heavy (non-hydrogen) atoms. The third-order valence-corrected chi connectivity index (χ3v) is 2.91. The van der Waals surface area contributed by atoms with E-state index in [-0.39, 0.29) is 18.7 Å². The highest BCUT2D eigenvalue weighted by molar-refractivity contribution is 6.14. The van der Waals surface area contributed by atoms with Crippen molar-refractivity contribution in [3.05, 3.63) is 30.3 Å². The van der Waals surface area contributed by atoms with Crippen molar-refractivity contribution < 1.29 is 14.7 Å². The van der Waals surface area contributed by atoms with Crippen molar-refractivity contribution in [3.63, 3.8) is 0 Å². The molecular weight excluding hydrogens is 232 g/mol. The highest BCUT2D eigenvalue weighted by Crippen LogP contribution is 2.25. The molecule has 1 aliphatic rings. The standard InChI is InChI=1S/C13H14N2O3/c1-9-11(7-8-12(16)17)13(18)15(14-9)10-5-3-2-4-6-10/h2-6,11H,7-8H2,1H3,(H,16,17)/p-1/t11-/m1/s1. The van der Waals surface area contributed by atoms with Crippen molar-refractivity contribution in [2.24, 2.45) is 11.0 Å². The summed E-state index contributed by atoms with van der Waals surface area (Å²) >= 11 is 0. The zero-order valence-electron chi connectivity index (χ0n) is 10.00. The van der Waals surface area contributed by atoms with E-state index >= 15 is 0 Å². The molecule has 5 nitrogen and oxygen atoms in total. The van der Waals surface area contributed by atoms with Crippen LogP contribution in [0.15, 0.2) is 35.4 Å². The monoisotopic (exact) mass is 245 g/mol. The number of anilines is 1. The first-order chi connectivity index (χ1) is 8.59. The summed E-state index contributed by atoms with van der Waals surface area (Å²) in [5, 5.41) is 16.0. The van der Waals surface area contributed by atoms with Gasteiger partial charge < -0.3 is 9.90 Å². The Hall–Kier alpha value is -2.17. The van der Waals surface area contributed by atoms with Crippen LogP contribution in [0, 0.1) is 5.92 Å². The lowest BCUT2D eigenvalue weighted by Gasteiger charge is -2.14. The molecule has 0 N–H and O–H groups in total. The molecule has 0 aromatic heterocycles. The van der Waals surface area contributed by atoms with Gasteiger partial charge in [-0.1, -0.05) is 18.2 Å². The van der Waals surface area contributed by atoms with Crippen LogP contribution in [0.2, 0.25) is 0 Å². The predicted molar refractivity (Wildman–Crippen MR) is 64.8 cm³/mol. The molecule has 1 aromatic carbocycles. The number of nitrogens with zero attached hydrogens (tertiary/aromatic N) is 2. The van der Waals surface area contributed by atoms with E-state index in [9.17, 15) is 14.7 Å². The van der Waals surface area contributed by atoms with Crippen LogP contribution in [-0.2, 0) is 9.59 Å². The number of rotatable bonds is 4. The van der Waals surface area contributed by atoms with Gasteiger partial charge in [-0.3, -0.25) is 4.79 Å². The van der Waals surface area contributed by atoms with Crippen LogP contribution in [-0.4, -0.2) is 17.6 Å². The fourth-order valence-corrected chi connectivity index (χ4v) is 1.95. The maximum atomic E-state index is 12.1. The fraction of sp³-hybridized carbons (Fsp3) is 0.308. The fourth-order valence-electron chi connectivity index (χ4n) is 1.95. The molecule has 0 spiro atoms. The molecule has 1 atom stereocenters. The lowest BCUT2D eigenvalue weighted by atomic mass is 9.98. The van der Waals surface area contributed by atoms with Crippen molar-refractivity contribution in [1.82, 2.24) is 0 Å². The summed E-state index contributed by atoms with van der Waals surface area (Å²) in [6, 6.07) is 9.07. The molecular formula is C13H13N2O3-. The highest BCUT2D eigenvalue weighted by atomic mass is 16.4. The molecule has 0 saturated heterocycles. The van der Waals surface area contributed by atoms with Gasteiger partial charge in [-0.05, 0) is 31.9 Å². The van der Waals surface area contributed by atoms with E-state index in [2.05, 4.69) is 5.10 Å². The van der Waals surface area contributed by atoms with E-state index < -0.39 is 11.9 Å². The molecule has 1 heterocycles. The van der Waals surface area contributed by atoms with Gasteiger partial charge in [0.1, 0.15) is 0 Å². The zero-order chi connectivity index (χ0) is 13.1. The lowest BCUT2D eigenvalue weighted by molar-refractivity contribution is -0.305. The minimum Gasteiger partial charge on any atom is -0.550 e. The number of para-hydroxylation sites is 1. The second-order valence-corrected chi connectivity index (χ2v) is 4.19. The summed E-state index contributed by atoms with van der Waals surface area (Å²) in [5.74, 6) is -1.78. The molecule has 0 unspecified atom stereocenters. The maximum Gasteiger partial charge on any atom is 0.256 e. The quantitative estimate of drug-likeness (QED) is 0.777. The summed E-state index contributed by atoms with van der Waals surface area (Å²) in [5.41, 5.74) is 1.34. The van der Waals surface area contributed by atoms with Gasteiger partial charge in [-0.15, -0.1) is 0 Å². The van der Waals surface area contributed by atoms with Gasteiger partial charge in [-0.25, -0.2) is 5.01 Å². The van der Waals surface area contributed by atoms with Gasteiger partial charge in [0.15, 0.2) is 0 Å². The van der Waals surface area contributed by atoms with Crippen LogP contribution < -0.4 is 10.1 Å². The van der Waals surface area contributed by atoms with E-state index in [4.69, 9.17) is 0 Å². The largest absolute Gasteiger partial charge is 0.550 e. The summed E-state index contributed by atoms with van der Waals surface area (Å²) < 4.78 is 0. The number of carboxylic acids is 1. The van der Waals surface area contributed by atoms with E-state index in [0.29, 0.717) is 11.4 Å². The van der Waals surface area contributed by atoms with Gasteiger partial charge in [0.25, 0.3) is 5.91 Å². The summed E-state index contributed by atoms with van der Waals surface area (Å²) in [6.07, 6.45) is 0.103. The SMILES string of the molecule is CC1=NN(c2ccccc2)C(=O)[C@@H]1CCC(=O)[O-]. The average Bonchev–Trinajstić information content (AvgIpc) is 2.63. The third-order valence-electron chi connectivity index (χ3n) is 2.91. The molecule has 2 rings (SSSR count). The van der Waals surface area contributed by atoms with Crippen LogP contribution >= 0.6 is 0 Å². The van der Waals surface area contributed by atoms with Crippen LogP contribution in [0.3, 0.4) is 0 Å². The first-order valence-electron chi connectivity index (χ1n) is 5.73. The zero-order valence-corrected chi connectivity index (χ0v) is 10.00. The lowest BCUT2D eigenvalue weighted by Crippen LogP contribution is -2.29. The Kier molecular flexibility index (Phi) is 3.41. The Morgan fingerprint density at radius 2 is 2.06 bits per heavy atom. The molecule has 94 valence electrons. The van der Waals surface area contributed by atoms with Gasteiger partial charge in [-0.2, -0.15) is 5.10 Å². The third kappa shape index (κ3) is 2.40. The predicted octanol–water partition coefficient (Wildman–Crippen LogP) is 0.555. The van der Waals surface area contributed by atoms with Crippen molar-refractivity contribution in [2.45, 2.75) is 19.8 Å². The van der Waals surface area contributed by atoms with Gasteiger partial charge in [0.05, 0.1) is 11.6 Å². The van der Waals surface area contributed by atoms with Gasteiger partial charge >= 0.3 is 0 Å². The number of carbonyl (C=O) groups is 2. The van der Waals surface area contributed by atoms with Crippen LogP contribution in [0.4, 0.5) is 5.69 Å². The number of carbonyl (C=O) groups excluding carboxylic acids is 2. The number of carboxylic acid groups (broad SMARTS) is 1. The van der Waals surface area contributed by atoms with E-state index in [1.807, 2.05) is 18.2 Å². The van der Waals surface area contributed by atoms with Crippen LogP contribution in [0.5, 0.6) is 0 Å². The molecule has 0 fully saturated rings. The minimum atomic E-state index is -1.14. The van der Waals surface area contributed by atoms with E-state index in [0.717, 1.165) is 0 Å². The Balaban J connectivity index is 2.14. The Labute approximate surface area is 105 Å². The molecule has 1 aromatic rings. The topological polar surface area (TPSA) is 72.8 Å². The molecule has 0 aliphatic carbocycles. The average molecular weight is 245 g/mol. The van der Waals surface area contributed by atoms with Crippen molar-refractivity contribution in [1.29, 1.82) is 0 Å². The van der Waals surface area contributed by atoms with Gasteiger partial charge in [0.2, 0.25) is 0 Å². The Bertz CT molecular complexity index is 496. The van der Waals surface area contributed by atoms with Crippen LogP contribution in [0.1, 0.15) is 19.8 Å². The molecule has 0 radical (unpaired) electrons. The van der Waals surface area contributed by atoms with Crippen molar-refractivity contribution in [2.75, 3.05) is 5.01 Å². The number of amides is 1. The Morgan fingerprint density at radius 3 is 2.67 bits per heavy atom. The molecule has 5 heteroatoms. The normalized spacial score (nSPS) is 18.9. The first-order valence-corrected chi connectivity index (χ1v) is 5.73. The number of hydrogen-bond acceptors (Lipinski definition) is 4. The maximum absolute atomic E-state index is 12.1. The highest BCUT2D eigenvalue weighted by Gasteiger charge is 2.33. The molecule has 1 amide bonds. The number of hydrazone groups is 1. The Morgan fingerprint density at radius 1 is 1.39 bits per heavy atom. The van der Waals surface area contributed by atoms with E-state index in [1.165, 1.54) is 5.01 Å². The minimum absolute atomic E-state index is 0.133. The molecule has 0 bridgehead atoms. The van der Waals surface area contributed by atoms with Crippen molar-refractivity contribution in [3.8, 4) is 0 Å². The second-order valence-electron chi connectivity index (χ2n) is 4.19.